The Bertz CT molecular complexity index is 821. The summed E-state index contributed by atoms with van der Waals surface area (Å²) in [7, 11) is 0. The molecule has 0 fully saturated rings. The number of carbonyl (C=O) groups is 1. The van der Waals surface area contributed by atoms with Gasteiger partial charge >= 0.3 is 5.97 Å². The molecule has 0 saturated carbocycles. The van der Waals surface area contributed by atoms with Crippen molar-refractivity contribution in [2.75, 3.05) is 6.61 Å². The van der Waals surface area contributed by atoms with Crippen molar-refractivity contribution in [3.05, 3.63) is 36.7 Å². The fourth-order valence-electron chi connectivity index (χ4n) is 4.15. The lowest BCUT2D eigenvalue weighted by atomic mass is 10.0. The van der Waals surface area contributed by atoms with Gasteiger partial charge in [-0.2, -0.15) is 0 Å². The standard InChI is InChI=1S/C31H48N2O3/c1-4-6-7-8-9-10-13-16-23-35-28-21-19-27(20-22-28)31-32-24-29(25-33-31)36-30(34)18-15-12-11-14-17-26(3)5-2/h19-22,24-26H,4-18,23H2,1-3H3. The summed E-state index contributed by atoms with van der Waals surface area (Å²) >= 11 is 0. The summed E-state index contributed by atoms with van der Waals surface area (Å²) in [5, 5.41) is 0. The van der Waals surface area contributed by atoms with Gasteiger partial charge in [0.05, 0.1) is 19.0 Å². The smallest absolute Gasteiger partial charge is 0.311 e. The zero-order chi connectivity index (χ0) is 25.8. The number of hydrogen-bond acceptors (Lipinski definition) is 5. The van der Waals surface area contributed by atoms with E-state index < -0.39 is 0 Å². The molecule has 1 aromatic heterocycles. The van der Waals surface area contributed by atoms with Gasteiger partial charge < -0.3 is 9.47 Å². The molecular formula is C31H48N2O3. The number of benzene rings is 1. The first kappa shape index (κ1) is 29.8. The van der Waals surface area contributed by atoms with Crippen LogP contribution in [-0.4, -0.2) is 22.5 Å². The lowest BCUT2D eigenvalue weighted by Gasteiger charge is -2.08. The van der Waals surface area contributed by atoms with Crippen LogP contribution >= 0.6 is 0 Å². The van der Waals surface area contributed by atoms with Gasteiger partial charge in [-0.1, -0.05) is 97.8 Å². The molecule has 2 rings (SSSR count). The van der Waals surface area contributed by atoms with Gasteiger partial charge in [0, 0.05) is 12.0 Å². The largest absolute Gasteiger partial charge is 0.494 e. The fraction of sp³-hybridized carbons (Fsp3) is 0.645. The number of aromatic nitrogens is 2. The summed E-state index contributed by atoms with van der Waals surface area (Å²) in [6.45, 7) is 7.54. The maximum absolute atomic E-state index is 12.1. The Morgan fingerprint density at radius 3 is 2.06 bits per heavy atom. The third kappa shape index (κ3) is 13.0. The van der Waals surface area contributed by atoms with Crippen molar-refractivity contribution in [2.45, 2.75) is 117 Å². The summed E-state index contributed by atoms with van der Waals surface area (Å²) < 4.78 is 11.3. The highest BCUT2D eigenvalue weighted by Crippen LogP contribution is 2.21. The van der Waals surface area contributed by atoms with Gasteiger partial charge in [-0.3, -0.25) is 4.79 Å². The maximum Gasteiger partial charge on any atom is 0.311 e. The number of nitrogens with zero attached hydrogens (tertiary/aromatic N) is 2. The lowest BCUT2D eigenvalue weighted by molar-refractivity contribution is -0.134. The van der Waals surface area contributed by atoms with Crippen LogP contribution in [0.25, 0.3) is 11.4 Å². The zero-order valence-corrected chi connectivity index (χ0v) is 23.0. The summed E-state index contributed by atoms with van der Waals surface area (Å²) in [4.78, 5) is 20.8. The van der Waals surface area contributed by atoms with Crippen molar-refractivity contribution >= 4 is 5.97 Å². The van der Waals surface area contributed by atoms with Crippen molar-refractivity contribution in [3.63, 3.8) is 0 Å². The van der Waals surface area contributed by atoms with Crippen LogP contribution in [0.5, 0.6) is 11.5 Å². The van der Waals surface area contributed by atoms with Crippen LogP contribution in [0.3, 0.4) is 0 Å². The first-order valence-corrected chi connectivity index (χ1v) is 14.4. The van der Waals surface area contributed by atoms with E-state index in [-0.39, 0.29) is 5.97 Å². The predicted molar refractivity (Wildman–Crippen MR) is 148 cm³/mol. The zero-order valence-electron chi connectivity index (χ0n) is 23.0. The van der Waals surface area contributed by atoms with E-state index in [1.807, 2.05) is 24.3 Å². The molecule has 36 heavy (non-hydrogen) atoms. The van der Waals surface area contributed by atoms with Gasteiger partial charge in [0.1, 0.15) is 5.75 Å². The van der Waals surface area contributed by atoms with Crippen LogP contribution < -0.4 is 9.47 Å². The molecule has 0 amide bonds. The minimum Gasteiger partial charge on any atom is -0.494 e. The Hall–Kier alpha value is -2.43. The van der Waals surface area contributed by atoms with Gasteiger partial charge in [0.15, 0.2) is 11.6 Å². The molecular weight excluding hydrogens is 448 g/mol. The van der Waals surface area contributed by atoms with Gasteiger partial charge in [-0.05, 0) is 43.0 Å². The summed E-state index contributed by atoms with van der Waals surface area (Å²) in [6.07, 6.45) is 20.8. The number of esters is 1. The highest BCUT2D eigenvalue weighted by Gasteiger charge is 2.08. The topological polar surface area (TPSA) is 61.3 Å². The average Bonchev–Trinajstić information content (AvgIpc) is 2.90. The highest BCUT2D eigenvalue weighted by molar-refractivity contribution is 5.72. The minimum atomic E-state index is -0.216. The van der Waals surface area contributed by atoms with E-state index in [9.17, 15) is 4.79 Å². The van der Waals surface area contributed by atoms with Crippen molar-refractivity contribution < 1.29 is 14.3 Å². The van der Waals surface area contributed by atoms with Crippen LogP contribution in [0.2, 0.25) is 0 Å². The van der Waals surface area contributed by atoms with Crippen LogP contribution in [-0.2, 0) is 4.79 Å². The highest BCUT2D eigenvalue weighted by atomic mass is 16.5. The Labute approximate surface area is 219 Å². The van der Waals surface area contributed by atoms with Crippen molar-refractivity contribution in [3.8, 4) is 22.9 Å². The molecule has 200 valence electrons. The lowest BCUT2D eigenvalue weighted by Crippen LogP contribution is -2.08. The number of hydrogen-bond donors (Lipinski definition) is 0. The molecule has 1 unspecified atom stereocenters. The monoisotopic (exact) mass is 496 g/mol. The van der Waals surface area contributed by atoms with Crippen LogP contribution in [0.1, 0.15) is 117 Å². The van der Waals surface area contributed by atoms with Gasteiger partial charge in [0.2, 0.25) is 0 Å². The number of carbonyl (C=O) groups excluding carboxylic acids is 1. The van der Waals surface area contributed by atoms with Gasteiger partial charge in [-0.25, -0.2) is 9.97 Å². The first-order valence-electron chi connectivity index (χ1n) is 14.4. The minimum absolute atomic E-state index is 0.216. The number of ether oxygens (including phenoxy) is 2. The predicted octanol–water partition coefficient (Wildman–Crippen LogP) is 8.96. The molecule has 5 nitrogen and oxygen atoms in total. The molecule has 0 bridgehead atoms. The number of unbranched alkanes of at least 4 members (excludes halogenated alkanes) is 10. The van der Waals surface area contributed by atoms with Crippen LogP contribution in [0, 0.1) is 5.92 Å². The second-order valence-electron chi connectivity index (χ2n) is 10.0. The van der Waals surface area contributed by atoms with Gasteiger partial charge in [-0.15, -0.1) is 0 Å². The average molecular weight is 497 g/mol. The number of rotatable bonds is 20. The molecule has 2 aromatic rings. The summed E-state index contributed by atoms with van der Waals surface area (Å²) in [5.41, 5.74) is 0.907. The van der Waals surface area contributed by atoms with E-state index in [0.717, 1.165) is 43.1 Å². The molecule has 0 aliphatic carbocycles. The van der Waals surface area contributed by atoms with Crippen molar-refractivity contribution in [1.82, 2.24) is 9.97 Å². The normalized spacial score (nSPS) is 11.9. The molecule has 0 saturated heterocycles. The SMILES string of the molecule is CCCCCCCCCCOc1ccc(-c2ncc(OC(=O)CCCCCCC(C)CC)cn2)cc1. The van der Waals surface area contributed by atoms with E-state index in [1.165, 1.54) is 70.6 Å². The second-order valence-corrected chi connectivity index (χ2v) is 10.0. The molecule has 0 aliphatic heterocycles. The van der Waals surface area contributed by atoms with E-state index >= 15 is 0 Å². The van der Waals surface area contributed by atoms with Gasteiger partial charge in [0.25, 0.3) is 0 Å². The van der Waals surface area contributed by atoms with E-state index in [4.69, 9.17) is 9.47 Å². The quantitative estimate of drug-likeness (QED) is 0.135. The molecule has 0 radical (unpaired) electrons. The molecule has 0 spiro atoms. The molecule has 5 heteroatoms. The Kier molecular flexibility index (Phi) is 15.5. The molecule has 0 N–H and O–H groups in total. The Morgan fingerprint density at radius 2 is 1.39 bits per heavy atom. The molecule has 1 heterocycles. The summed E-state index contributed by atoms with van der Waals surface area (Å²) in [5.74, 6) is 2.45. The maximum atomic E-state index is 12.1. The second kappa shape index (κ2) is 18.8. The third-order valence-corrected chi connectivity index (χ3v) is 6.76. The molecule has 0 aliphatic rings. The first-order chi connectivity index (χ1) is 17.6. The van der Waals surface area contributed by atoms with Crippen LogP contribution in [0.15, 0.2) is 36.7 Å². The Morgan fingerprint density at radius 1 is 0.778 bits per heavy atom. The van der Waals surface area contributed by atoms with Crippen LogP contribution in [0.4, 0.5) is 0 Å². The van der Waals surface area contributed by atoms with Crippen molar-refractivity contribution in [2.24, 2.45) is 5.92 Å². The third-order valence-electron chi connectivity index (χ3n) is 6.76. The Balaban J connectivity index is 1.62. The van der Waals surface area contributed by atoms with E-state index in [1.54, 1.807) is 12.4 Å². The fourth-order valence-corrected chi connectivity index (χ4v) is 4.15. The molecule has 1 aromatic carbocycles. The van der Waals surface area contributed by atoms with E-state index in [2.05, 4.69) is 30.7 Å². The van der Waals surface area contributed by atoms with Crippen molar-refractivity contribution in [1.29, 1.82) is 0 Å². The molecule has 1 atom stereocenters. The summed E-state index contributed by atoms with van der Waals surface area (Å²) in [6, 6.07) is 7.84. The van der Waals surface area contributed by atoms with E-state index in [0.29, 0.717) is 18.0 Å².